The molecule has 8 heteroatoms. The molecule has 1 N–H and O–H groups in total. The van der Waals surface area contributed by atoms with E-state index in [-0.39, 0.29) is 18.2 Å². The van der Waals surface area contributed by atoms with E-state index in [0.717, 1.165) is 5.56 Å². The molecule has 0 aliphatic rings. The van der Waals surface area contributed by atoms with Gasteiger partial charge in [-0.2, -0.15) is 4.80 Å². The van der Waals surface area contributed by atoms with Crippen LogP contribution in [0.15, 0.2) is 48.5 Å². The number of hydrogen-bond donors (Lipinski definition) is 1. The Labute approximate surface area is 161 Å². The number of aromatic nitrogens is 4. The number of nitrogens with zero attached hydrogens (tertiary/aromatic N) is 4. The van der Waals surface area contributed by atoms with Crippen LogP contribution in [0.3, 0.4) is 0 Å². The fourth-order valence-electron chi connectivity index (χ4n) is 2.52. The number of nitrogens with one attached hydrogen (secondary N) is 1. The summed E-state index contributed by atoms with van der Waals surface area (Å²) in [6, 6.07) is 14.5. The minimum atomic E-state index is -0.119. The highest BCUT2D eigenvalue weighted by atomic mass is 35.5. The number of ketones is 1. The van der Waals surface area contributed by atoms with Crippen molar-refractivity contribution in [2.75, 3.05) is 6.54 Å². The van der Waals surface area contributed by atoms with E-state index in [9.17, 15) is 9.59 Å². The Bertz CT molecular complexity index is 953. The summed E-state index contributed by atoms with van der Waals surface area (Å²) in [4.78, 5) is 24.6. The number of halogens is 1. The molecule has 0 aliphatic carbocycles. The first-order chi connectivity index (χ1) is 13.0. The van der Waals surface area contributed by atoms with Crippen LogP contribution in [0, 0.1) is 0 Å². The van der Waals surface area contributed by atoms with Crippen molar-refractivity contribution in [3.05, 3.63) is 64.7 Å². The minimum absolute atomic E-state index is 0.0112. The lowest BCUT2D eigenvalue weighted by molar-refractivity contribution is -0.118. The van der Waals surface area contributed by atoms with Gasteiger partial charge in [0.25, 0.3) is 0 Å². The number of benzene rings is 2. The standard InChI is InChI=1S/C19H18ClN5O2/c1-13(26)21-11-10-14-6-8-15(9-7-14)18(27)12-25-23-19(22-24-25)16-4-2-3-5-17(16)20/h2-9H,10-12H2,1H3,(H,21,26). The molecule has 0 radical (unpaired) electrons. The summed E-state index contributed by atoms with van der Waals surface area (Å²) in [5, 5.41) is 15.4. The molecule has 0 atom stereocenters. The third-order valence-electron chi connectivity index (χ3n) is 3.92. The van der Waals surface area contributed by atoms with E-state index in [1.807, 2.05) is 24.3 Å². The molecule has 0 fully saturated rings. The smallest absolute Gasteiger partial charge is 0.216 e. The van der Waals surface area contributed by atoms with Gasteiger partial charge in [0.05, 0.1) is 5.02 Å². The van der Waals surface area contributed by atoms with Crippen LogP contribution in [0.2, 0.25) is 5.02 Å². The monoisotopic (exact) mass is 383 g/mol. The SMILES string of the molecule is CC(=O)NCCc1ccc(C(=O)Cn2nnc(-c3ccccc3Cl)n2)cc1. The number of amides is 1. The predicted molar refractivity (Wildman–Crippen MR) is 101 cm³/mol. The van der Waals surface area contributed by atoms with Crippen molar-refractivity contribution in [1.82, 2.24) is 25.5 Å². The molecule has 7 nitrogen and oxygen atoms in total. The summed E-state index contributed by atoms with van der Waals surface area (Å²) in [7, 11) is 0. The summed E-state index contributed by atoms with van der Waals surface area (Å²) >= 11 is 6.13. The second kappa shape index (κ2) is 8.55. The molecule has 0 saturated heterocycles. The summed E-state index contributed by atoms with van der Waals surface area (Å²) < 4.78 is 0. The molecule has 0 spiro atoms. The molecule has 0 bridgehead atoms. The van der Waals surface area contributed by atoms with Crippen LogP contribution in [-0.2, 0) is 17.8 Å². The Morgan fingerprint density at radius 1 is 1.11 bits per heavy atom. The number of carbonyl (C=O) groups is 2. The highest BCUT2D eigenvalue weighted by Crippen LogP contribution is 2.23. The molecule has 1 amide bonds. The van der Waals surface area contributed by atoms with Crippen LogP contribution in [0.1, 0.15) is 22.8 Å². The van der Waals surface area contributed by atoms with E-state index in [1.54, 1.807) is 24.3 Å². The average Bonchev–Trinajstić information content (AvgIpc) is 3.10. The number of tetrazole rings is 1. The van der Waals surface area contributed by atoms with Crippen molar-refractivity contribution in [2.45, 2.75) is 19.9 Å². The number of Topliss-reactive ketones (excluding diaryl/α,β-unsaturated/α-hetero) is 1. The lowest BCUT2D eigenvalue weighted by Gasteiger charge is -2.04. The van der Waals surface area contributed by atoms with Crippen molar-refractivity contribution in [1.29, 1.82) is 0 Å². The van der Waals surface area contributed by atoms with E-state index in [0.29, 0.717) is 34.9 Å². The fourth-order valence-corrected chi connectivity index (χ4v) is 2.74. The molecule has 0 aliphatic heterocycles. The first-order valence-corrected chi connectivity index (χ1v) is 8.80. The van der Waals surface area contributed by atoms with Crippen molar-refractivity contribution in [3.63, 3.8) is 0 Å². The third kappa shape index (κ3) is 4.98. The van der Waals surface area contributed by atoms with Crippen LogP contribution in [-0.4, -0.2) is 38.4 Å². The van der Waals surface area contributed by atoms with Gasteiger partial charge in [0.1, 0.15) is 6.54 Å². The largest absolute Gasteiger partial charge is 0.356 e. The number of hydrogen-bond acceptors (Lipinski definition) is 5. The van der Waals surface area contributed by atoms with Gasteiger partial charge in [-0.15, -0.1) is 10.2 Å². The van der Waals surface area contributed by atoms with E-state index < -0.39 is 0 Å². The van der Waals surface area contributed by atoms with Gasteiger partial charge in [-0.3, -0.25) is 9.59 Å². The van der Waals surface area contributed by atoms with Crippen LogP contribution >= 0.6 is 11.6 Å². The van der Waals surface area contributed by atoms with E-state index in [2.05, 4.69) is 20.7 Å². The Balaban J connectivity index is 1.62. The molecule has 2 aromatic carbocycles. The number of rotatable bonds is 7. The molecular formula is C19H18ClN5O2. The van der Waals surface area contributed by atoms with Crippen molar-refractivity contribution in [3.8, 4) is 11.4 Å². The fraction of sp³-hybridized carbons (Fsp3) is 0.211. The zero-order valence-electron chi connectivity index (χ0n) is 14.7. The summed E-state index contributed by atoms with van der Waals surface area (Å²) in [5.41, 5.74) is 2.27. The Morgan fingerprint density at radius 2 is 1.85 bits per heavy atom. The second-order valence-electron chi connectivity index (χ2n) is 5.98. The second-order valence-corrected chi connectivity index (χ2v) is 6.38. The maximum absolute atomic E-state index is 12.4. The predicted octanol–water partition coefficient (Wildman–Crippen LogP) is 2.56. The summed E-state index contributed by atoms with van der Waals surface area (Å²) in [6.07, 6.45) is 0.708. The van der Waals surface area contributed by atoms with Crippen LogP contribution in [0.5, 0.6) is 0 Å². The Morgan fingerprint density at radius 3 is 2.56 bits per heavy atom. The summed E-state index contributed by atoms with van der Waals surface area (Å²) in [5.74, 6) is 0.200. The summed E-state index contributed by atoms with van der Waals surface area (Å²) in [6.45, 7) is 2.04. The van der Waals surface area contributed by atoms with Crippen molar-refractivity contribution >= 4 is 23.3 Å². The first kappa shape index (κ1) is 18.7. The maximum Gasteiger partial charge on any atom is 0.216 e. The van der Waals surface area contributed by atoms with E-state index >= 15 is 0 Å². The topological polar surface area (TPSA) is 89.8 Å². The van der Waals surface area contributed by atoms with E-state index in [1.165, 1.54) is 11.7 Å². The van der Waals surface area contributed by atoms with Gasteiger partial charge < -0.3 is 5.32 Å². The van der Waals surface area contributed by atoms with Gasteiger partial charge in [-0.1, -0.05) is 48.0 Å². The molecule has 1 aromatic heterocycles. The Hall–Kier alpha value is -3.06. The Kier molecular flexibility index (Phi) is 5.93. The van der Waals surface area contributed by atoms with Gasteiger partial charge in [-0.25, -0.2) is 0 Å². The highest BCUT2D eigenvalue weighted by Gasteiger charge is 2.13. The van der Waals surface area contributed by atoms with Gasteiger partial charge in [0.15, 0.2) is 5.78 Å². The maximum atomic E-state index is 12.4. The number of carbonyl (C=O) groups excluding carboxylic acids is 2. The van der Waals surface area contributed by atoms with Crippen molar-refractivity contribution in [2.24, 2.45) is 0 Å². The average molecular weight is 384 g/mol. The lowest BCUT2D eigenvalue weighted by atomic mass is 10.1. The molecule has 3 rings (SSSR count). The van der Waals surface area contributed by atoms with Gasteiger partial charge in [0.2, 0.25) is 11.7 Å². The minimum Gasteiger partial charge on any atom is -0.356 e. The molecule has 27 heavy (non-hydrogen) atoms. The van der Waals surface area contributed by atoms with E-state index in [4.69, 9.17) is 11.6 Å². The zero-order valence-corrected chi connectivity index (χ0v) is 15.5. The quantitative estimate of drug-likeness (QED) is 0.633. The zero-order chi connectivity index (χ0) is 19.2. The van der Waals surface area contributed by atoms with Crippen LogP contribution in [0.25, 0.3) is 11.4 Å². The molecular weight excluding hydrogens is 366 g/mol. The molecule has 0 unspecified atom stereocenters. The lowest BCUT2D eigenvalue weighted by Crippen LogP contribution is -2.22. The highest BCUT2D eigenvalue weighted by molar-refractivity contribution is 6.33. The normalized spacial score (nSPS) is 10.6. The van der Waals surface area contributed by atoms with Crippen LogP contribution < -0.4 is 5.32 Å². The third-order valence-corrected chi connectivity index (χ3v) is 4.25. The van der Waals surface area contributed by atoms with Gasteiger partial charge in [-0.05, 0) is 29.3 Å². The van der Waals surface area contributed by atoms with Gasteiger partial charge in [0, 0.05) is 24.6 Å². The molecule has 0 saturated carbocycles. The molecule has 3 aromatic rings. The molecule has 1 heterocycles. The van der Waals surface area contributed by atoms with Crippen molar-refractivity contribution < 1.29 is 9.59 Å². The molecule has 138 valence electrons. The first-order valence-electron chi connectivity index (χ1n) is 8.42. The van der Waals surface area contributed by atoms with Gasteiger partial charge >= 0.3 is 0 Å². The van der Waals surface area contributed by atoms with Crippen LogP contribution in [0.4, 0.5) is 0 Å².